The maximum Gasteiger partial charge on any atom is 0.282 e. The highest BCUT2D eigenvalue weighted by Crippen LogP contribution is 2.29. The summed E-state index contributed by atoms with van der Waals surface area (Å²) in [6.45, 7) is 0.316. The Kier molecular flexibility index (Phi) is 6.95. The van der Waals surface area contributed by atoms with Gasteiger partial charge in [0.25, 0.3) is 5.56 Å². The van der Waals surface area contributed by atoms with Crippen LogP contribution in [0.25, 0.3) is 33.5 Å². The number of fused-ring (bicyclic) bond motifs is 2. The fraction of sp³-hybridized carbons (Fsp3) is 0.0333. The summed E-state index contributed by atoms with van der Waals surface area (Å²) in [6.07, 6.45) is 1.53. The summed E-state index contributed by atoms with van der Waals surface area (Å²) in [5, 5.41) is 7.00. The minimum Gasteiger partial charge on any atom is -0.488 e. The van der Waals surface area contributed by atoms with Crippen LogP contribution >= 0.6 is 39.1 Å². The molecule has 0 aliphatic carbocycles. The monoisotopic (exact) mass is 617 g/mol. The lowest BCUT2D eigenvalue weighted by molar-refractivity contribution is 0.306. The van der Waals surface area contributed by atoms with Gasteiger partial charge in [0.15, 0.2) is 5.76 Å². The fourth-order valence-electron chi connectivity index (χ4n) is 4.13. The molecular weight excluding hydrogens is 601 g/mol. The summed E-state index contributed by atoms with van der Waals surface area (Å²) >= 11 is 15.8. The van der Waals surface area contributed by atoms with Crippen molar-refractivity contribution in [2.45, 2.75) is 6.61 Å². The van der Waals surface area contributed by atoms with Gasteiger partial charge in [0.05, 0.1) is 17.1 Å². The molecule has 2 aromatic heterocycles. The maximum absolute atomic E-state index is 13.6. The maximum atomic E-state index is 13.6. The average Bonchev–Trinajstić information content (AvgIpc) is 3.36. The minimum atomic E-state index is -0.334. The van der Waals surface area contributed by atoms with Crippen LogP contribution in [0.5, 0.6) is 5.75 Å². The molecule has 2 heterocycles. The first-order valence-electron chi connectivity index (χ1n) is 11.9. The number of benzene rings is 4. The molecule has 0 radical (unpaired) electrons. The van der Waals surface area contributed by atoms with Gasteiger partial charge in [-0.2, -0.15) is 9.78 Å². The Labute approximate surface area is 241 Å². The van der Waals surface area contributed by atoms with Gasteiger partial charge < -0.3 is 9.15 Å². The van der Waals surface area contributed by atoms with Crippen molar-refractivity contribution in [3.05, 3.63) is 127 Å². The molecule has 0 N–H and O–H groups in total. The Morgan fingerprint density at radius 3 is 2.59 bits per heavy atom. The molecule has 6 rings (SSSR count). The van der Waals surface area contributed by atoms with Crippen molar-refractivity contribution in [3.8, 4) is 17.3 Å². The molecule has 0 amide bonds. The number of nitrogens with zero attached hydrogens (tertiary/aromatic N) is 3. The molecule has 9 heteroatoms. The van der Waals surface area contributed by atoms with E-state index in [1.807, 2.05) is 54.6 Å². The largest absolute Gasteiger partial charge is 0.488 e. The first-order valence-corrected chi connectivity index (χ1v) is 13.4. The molecular formula is C30H18BrCl2N3O3. The lowest BCUT2D eigenvalue weighted by Gasteiger charge is -2.11. The third-order valence-corrected chi connectivity index (χ3v) is 7.02. The smallest absolute Gasteiger partial charge is 0.282 e. The van der Waals surface area contributed by atoms with Gasteiger partial charge in [0.2, 0.25) is 5.82 Å². The van der Waals surface area contributed by atoms with Gasteiger partial charge in [-0.05, 0) is 72.3 Å². The first kappa shape index (κ1) is 25.4. The zero-order valence-corrected chi connectivity index (χ0v) is 23.2. The molecule has 0 saturated carbocycles. The van der Waals surface area contributed by atoms with Crippen molar-refractivity contribution in [3.63, 3.8) is 0 Å². The van der Waals surface area contributed by atoms with Crippen molar-refractivity contribution in [1.82, 2.24) is 9.66 Å². The quantitative estimate of drug-likeness (QED) is 0.176. The summed E-state index contributed by atoms with van der Waals surface area (Å²) in [6, 6.07) is 27.3. The van der Waals surface area contributed by atoms with E-state index in [0.717, 1.165) is 15.4 Å². The van der Waals surface area contributed by atoms with Gasteiger partial charge >= 0.3 is 0 Å². The fourth-order valence-corrected chi connectivity index (χ4v) is 4.81. The first-order chi connectivity index (χ1) is 18.9. The SMILES string of the molecule is O=c1c2ccccc2nc(-c2cc3cc(Br)ccc3o2)n1N=Cc1cc(Cl)ccc1OCc1ccc(Cl)cc1. The third kappa shape index (κ3) is 5.34. The van der Waals surface area contributed by atoms with E-state index in [9.17, 15) is 4.79 Å². The molecule has 0 fully saturated rings. The topological polar surface area (TPSA) is 69.6 Å². The van der Waals surface area contributed by atoms with Gasteiger partial charge in [0, 0.05) is 25.5 Å². The molecule has 0 aliphatic heterocycles. The summed E-state index contributed by atoms with van der Waals surface area (Å²) in [7, 11) is 0. The highest BCUT2D eigenvalue weighted by atomic mass is 79.9. The number of rotatable bonds is 6. The van der Waals surface area contributed by atoms with E-state index in [4.69, 9.17) is 37.3 Å². The van der Waals surface area contributed by atoms with Crippen LogP contribution in [0, 0.1) is 0 Å². The van der Waals surface area contributed by atoms with Crippen LogP contribution in [0.15, 0.2) is 110 Å². The van der Waals surface area contributed by atoms with Crippen LogP contribution in [0.2, 0.25) is 10.0 Å². The molecule has 0 spiro atoms. The highest BCUT2D eigenvalue weighted by molar-refractivity contribution is 9.10. The molecule has 0 atom stereocenters. The van der Waals surface area contributed by atoms with Gasteiger partial charge in [-0.25, -0.2) is 4.98 Å². The molecule has 0 bridgehead atoms. The number of aromatic nitrogens is 2. The number of ether oxygens (including phenoxy) is 1. The Morgan fingerprint density at radius 1 is 0.949 bits per heavy atom. The van der Waals surface area contributed by atoms with Crippen LogP contribution in [-0.2, 0) is 6.61 Å². The van der Waals surface area contributed by atoms with Crippen molar-refractivity contribution in [2.24, 2.45) is 5.10 Å². The zero-order chi connectivity index (χ0) is 26.9. The molecule has 192 valence electrons. The molecule has 0 unspecified atom stereocenters. The highest BCUT2D eigenvalue weighted by Gasteiger charge is 2.17. The van der Waals surface area contributed by atoms with Crippen molar-refractivity contribution >= 4 is 67.2 Å². The van der Waals surface area contributed by atoms with E-state index in [1.165, 1.54) is 10.9 Å². The Hall–Kier alpha value is -3.91. The van der Waals surface area contributed by atoms with Crippen molar-refractivity contribution in [1.29, 1.82) is 0 Å². The normalized spacial score (nSPS) is 11.6. The zero-order valence-electron chi connectivity index (χ0n) is 20.1. The lowest BCUT2D eigenvalue weighted by atomic mass is 10.2. The number of furan rings is 1. The number of halogens is 3. The number of hydrogen-bond acceptors (Lipinski definition) is 5. The molecule has 6 aromatic rings. The summed E-state index contributed by atoms with van der Waals surface area (Å²) in [5.74, 6) is 1.23. The van der Waals surface area contributed by atoms with Gasteiger partial charge in [-0.1, -0.05) is 63.4 Å². The van der Waals surface area contributed by atoms with E-state index in [1.54, 1.807) is 36.4 Å². The van der Waals surface area contributed by atoms with Crippen molar-refractivity contribution in [2.75, 3.05) is 0 Å². The van der Waals surface area contributed by atoms with Crippen LogP contribution < -0.4 is 10.3 Å². The minimum absolute atomic E-state index is 0.271. The summed E-state index contributed by atoms with van der Waals surface area (Å²) in [5.41, 5.74) is 2.42. The second-order valence-electron chi connectivity index (χ2n) is 8.70. The summed E-state index contributed by atoms with van der Waals surface area (Å²) < 4.78 is 14.3. The van der Waals surface area contributed by atoms with Gasteiger partial charge in [-0.3, -0.25) is 4.79 Å². The standard InChI is InChI=1S/C30H18BrCl2N3O3/c31-21-7-11-27-19(13-21)15-28(39-27)29-35-25-4-2-1-3-24(25)30(37)36(29)34-16-20-14-23(33)10-12-26(20)38-17-18-5-8-22(32)9-6-18/h1-16H,17H2. The third-order valence-electron chi connectivity index (χ3n) is 6.04. The second-order valence-corrected chi connectivity index (χ2v) is 10.5. The predicted molar refractivity (Wildman–Crippen MR) is 159 cm³/mol. The van der Waals surface area contributed by atoms with Crippen LogP contribution in [0.3, 0.4) is 0 Å². The molecule has 6 nitrogen and oxygen atoms in total. The second kappa shape index (κ2) is 10.7. The predicted octanol–water partition coefficient (Wildman–Crippen LogP) is 8.34. The van der Waals surface area contributed by atoms with Crippen LogP contribution in [-0.4, -0.2) is 15.9 Å². The summed E-state index contributed by atoms with van der Waals surface area (Å²) in [4.78, 5) is 18.3. The molecule has 0 saturated heterocycles. The van der Waals surface area contributed by atoms with Crippen molar-refractivity contribution < 1.29 is 9.15 Å². The van der Waals surface area contributed by atoms with E-state index in [-0.39, 0.29) is 11.4 Å². The van der Waals surface area contributed by atoms with E-state index in [0.29, 0.717) is 50.2 Å². The molecule has 39 heavy (non-hydrogen) atoms. The lowest BCUT2D eigenvalue weighted by Crippen LogP contribution is -2.20. The van der Waals surface area contributed by atoms with E-state index in [2.05, 4.69) is 21.0 Å². The van der Waals surface area contributed by atoms with Crippen LogP contribution in [0.1, 0.15) is 11.1 Å². The molecule has 4 aromatic carbocycles. The molecule has 0 aliphatic rings. The van der Waals surface area contributed by atoms with Gasteiger partial charge in [0.1, 0.15) is 17.9 Å². The van der Waals surface area contributed by atoms with E-state index >= 15 is 0 Å². The number of para-hydroxylation sites is 1. The Bertz CT molecular complexity index is 1930. The Morgan fingerprint density at radius 2 is 1.74 bits per heavy atom. The van der Waals surface area contributed by atoms with E-state index < -0.39 is 0 Å². The van der Waals surface area contributed by atoms with Gasteiger partial charge in [-0.15, -0.1) is 0 Å². The Balaban J connectivity index is 1.44. The number of hydrogen-bond donors (Lipinski definition) is 0. The average molecular weight is 619 g/mol. The van der Waals surface area contributed by atoms with Crippen LogP contribution in [0.4, 0.5) is 0 Å².